The molecule has 0 saturated heterocycles. The lowest BCUT2D eigenvalue weighted by molar-refractivity contribution is -0.149. The number of fused-ring (bicyclic) bond motifs is 1. The first kappa shape index (κ1) is 16.9. The van der Waals surface area contributed by atoms with Gasteiger partial charge in [0.2, 0.25) is 0 Å². The molecule has 1 aromatic heterocycles. The van der Waals surface area contributed by atoms with Crippen LogP contribution in [0.5, 0.6) is 0 Å². The van der Waals surface area contributed by atoms with Gasteiger partial charge in [0.1, 0.15) is 18.4 Å². The predicted molar refractivity (Wildman–Crippen MR) is 86.9 cm³/mol. The van der Waals surface area contributed by atoms with E-state index >= 15 is 0 Å². The highest BCUT2D eigenvalue weighted by atomic mass is 16.5. The molecule has 1 aliphatic rings. The first-order valence-corrected chi connectivity index (χ1v) is 7.88. The van der Waals surface area contributed by atoms with E-state index in [0.717, 1.165) is 10.5 Å². The zero-order chi connectivity index (χ0) is 18.3. The van der Waals surface area contributed by atoms with Gasteiger partial charge in [-0.15, -0.1) is 0 Å². The minimum Gasteiger partial charge on any atom is -0.459 e. The SMILES string of the molecule is Cc1ccc2c(c1)C(=O)N(C(C)C(=O)OCc1c(C)noc1C)C2=O. The maximum Gasteiger partial charge on any atom is 0.329 e. The average Bonchev–Trinajstić information content (AvgIpc) is 3.02. The summed E-state index contributed by atoms with van der Waals surface area (Å²) < 4.78 is 10.3. The fourth-order valence-corrected chi connectivity index (χ4v) is 2.80. The van der Waals surface area contributed by atoms with E-state index in [1.807, 2.05) is 6.92 Å². The van der Waals surface area contributed by atoms with Gasteiger partial charge in [-0.25, -0.2) is 4.79 Å². The fraction of sp³-hybridized carbons (Fsp3) is 0.333. The molecule has 2 heterocycles. The van der Waals surface area contributed by atoms with E-state index in [2.05, 4.69) is 5.16 Å². The molecule has 7 nitrogen and oxygen atoms in total. The van der Waals surface area contributed by atoms with E-state index in [9.17, 15) is 14.4 Å². The average molecular weight is 342 g/mol. The maximum atomic E-state index is 12.5. The summed E-state index contributed by atoms with van der Waals surface area (Å²) in [7, 11) is 0. The third-order valence-electron chi connectivity index (χ3n) is 4.34. The van der Waals surface area contributed by atoms with Crippen molar-refractivity contribution in [3.05, 3.63) is 51.9 Å². The molecule has 25 heavy (non-hydrogen) atoms. The number of esters is 1. The van der Waals surface area contributed by atoms with Crippen LogP contribution in [-0.4, -0.2) is 33.9 Å². The lowest BCUT2D eigenvalue weighted by atomic mass is 10.1. The first-order chi connectivity index (χ1) is 11.8. The summed E-state index contributed by atoms with van der Waals surface area (Å²) in [6.45, 7) is 6.76. The van der Waals surface area contributed by atoms with Gasteiger partial charge in [0.15, 0.2) is 0 Å². The van der Waals surface area contributed by atoms with Crippen molar-refractivity contribution in [3.63, 3.8) is 0 Å². The van der Waals surface area contributed by atoms with E-state index in [4.69, 9.17) is 9.26 Å². The number of amides is 2. The van der Waals surface area contributed by atoms with Gasteiger partial charge in [-0.2, -0.15) is 0 Å². The Bertz CT molecular complexity index is 864. The number of carbonyl (C=O) groups excluding carboxylic acids is 3. The Morgan fingerprint density at radius 1 is 1.20 bits per heavy atom. The molecular formula is C18H18N2O5. The van der Waals surface area contributed by atoms with Crippen LogP contribution in [0.25, 0.3) is 0 Å². The Balaban J connectivity index is 1.75. The maximum absolute atomic E-state index is 12.5. The minimum atomic E-state index is -1.02. The zero-order valence-corrected chi connectivity index (χ0v) is 14.5. The molecule has 2 amide bonds. The molecule has 1 unspecified atom stereocenters. The molecule has 130 valence electrons. The van der Waals surface area contributed by atoms with Gasteiger partial charge in [0, 0.05) is 0 Å². The van der Waals surface area contributed by atoms with Crippen molar-refractivity contribution in [2.24, 2.45) is 0 Å². The van der Waals surface area contributed by atoms with Gasteiger partial charge in [0.05, 0.1) is 22.4 Å². The standard InChI is InChI=1S/C18H18N2O5/c1-9-5-6-13-14(7-9)17(22)20(16(13)21)11(3)18(23)24-8-15-10(2)19-25-12(15)4/h5-7,11H,8H2,1-4H3. The molecule has 0 radical (unpaired) electrons. The third kappa shape index (κ3) is 2.82. The largest absolute Gasteiger partial charge is 0.459 e. The second kappa shape index (κ2) is 6.16. The normalized spacial score (nSPS) is 14.6. The quantitative estimate of drug-likeness (QED) is 0.626. The van der Waals surface area contributed by atoms with E-state index < -0.39 is 23.8 Å². The molecular weight excluding hydrogens is 324 g/mol. The molecule has 0 bridgehead atoms. The Hall–Kier alpha value is -2.96. The molecule has 7 heteroatoms. The molecule has 3 rings (SSSR count). The smallest absolute Gasteiger partial charge is 0.329 e. The summed E-state index contributed by atoms with van der Waals surface area (Å²) in [5.74, 6) is -1.06. The number of ether oxygens (including phenoxy) is 1. The summed E-state index contributed by atoms with van der Waals surface area (Å²) in [4.78, 5) is 38.3. The summed E-state index contributed by atoms with van der Waals surface area (Å²) in [6.07, 6.45) is 0. The molecule has 1 aromatic carbocycles. The van der Waals surface area contributed by atoms with Crippen molar-refractivity contribution in [2.75, 3.05) is 0 Å². The Morgan fingerprint density at radius 2 is 1.88 bits per heavy atom. The topological polar surface area (TPSA) is 89.7 Å². The van der Waals surface area contributed by atoms with Crippen molar-refractivity contribution >= 4 is 17.8 Å². The molecule has 1 atom stereocenters. The van der Waals surface area contributed by atoms with Gasteiger partial charge in [-0.3, -0.25) is 14.5 Å². The van der Waals surface area contributed by atoms with Crippen LogP contribution in [-0.2, 0) is 16.1 Å². The number of nitrogens with zero attached hydrogens (tertiary/aromatic N) is 2. The van der Waals surface area contributed by atoms with Crippen LogP contribution in [0.2, 0.25) is 0 Å². The highest BCUT2D eigenvalue weighted by Crippen LogP contribution is 2.26. The number of aryl methyl sites for hydroxylation is 3. The molecule has 0 spiro atoms. The second-order valence-electron chi connectivity index (χ2n) is 6.12. The van der Waals surface area contributed by atoms with E-state index in [1.54, 1.807) is 32.0 Å². The lowest BCUT2D eigenvalue weighted by Crippen LogP contribution is -2.43. The summed E-state index contributed by atoms with van der Waals surface area (Å²) in [5, 5.41) is 3.79. The van der Waals surface area contributed by atoms with Crippen LogP contribution in [0, 0.1) is 20.8 Å². The number of rotatable bonds is 4. The van der Waals surface area contributed by atoms with Gasteiger partial charge in [0.25, 0.3) is 11.8 Å². The summed E-state index contributed by atoms with van der Waals surface area (Å²) >= 11 is 0. The zero-order valence-electron chi connectivity index (χ0n) is 14.5. The number of benzene rings is 1. The lowest BCUT2D eigenvalue weighted by Gasteiger charge is -2.20. The molecule has 0 saturated carbocycles. The fourth-order valence-electron chi connectivity index (χ4n) is 2.80. The number of imide groups is 1. The van der Waals surface area contributed by atoms with E-state index in [-0.39, 0.29) is 6.61 Å². The van der Waals surface area contributed by atoms with Gasteiger partial charge in [-0.05, 0) is 39.8 Å². The van der Waals surface area contributed by atoms with Gasteiger partial charge < -0.3 is 9.26 Å². The second-order valence-corrected chi connectivity index (χ2v) is 6.12. The molecule has 0 fully saturated rings. The number of carbonyl (C=O) groups is 3. The van der Waals surface area contributed by atoms with Crippen molar-refractivity contribution in [1.82, 2.24) is 10.1 Å². The molecule has 2 aromatic rings. The van der Waals surface area contributed by atoms with Crippen molar-refractivity contribution in [1.29, 1.82) is 0 Å². The van der Waals surface area contributed by atoms with Crippen LogP contribution in [0.1, 0.15) is 50.2 Å². The number of aromatic nitrogens is 1. The van der Waals surface area contributed by atoms with Gasteiger partial charge in [-0.1, -0.05) is 16.8 Å². The summed E-state index contributed by atoms with van der Waals surface area (Å²) in [5.41, 5.74) is 2.81. The number of hydrogen-bond donors (Lipinski definition) is 0. The van der Waals surface area contributed by atoms with Crippen molar-refractivity contribution < 1.29 is 23.6 Å². The predicted octanol–water partition coefficient (Wildman–Crippen LogP) is 2.33. The summed E-state index contributed by atoms with van der Waals surface area (Å²) in [6, 6.07) is 3.99. The van der Waals surface area contributed by atoms with Crippen LogP contribution in [0.15, 0.2) is 22.7 Å². The van der Waals surface area contributed by atoms with Crippen molar-refractivity contribution in [3.8, 4) is 0 Å². The highest BCUT2D eigenvalue weighted by Gasteiger charge is 2.41. The first-order valence-electron chi connectivity index (χ1n) is 7.88. The molecule has 0 aliphatic carbocycles. The van der Waals surface area contributed by atoms with Crippen molar-refractivity contribution in [2.45, 2.75) is 40.3 Å². The molecule has 0 N–H and O–H groups in total. The van der Waals surface area contributed by atoms with E-state index in [1.165, 1.54) is 6.92 Å². The monoisotopic (exact) mass is 342 g/mol. The van der Waals surface area contributed by atoms with Gasteiger partial charge >= 0.3 is 5.97 Å². The Kier molecular flexibility index (Phi) is 4.16. The highest BCUT2D eigenvalue weighted by molar-refractivity contribution is 6.22. The van der Waals surface area contributed by atoms with Crippen LogP contribution >= 0.6 is 0 Å². The van der Waals surface area contributed by atoms with Crippen LogP contribution < -0.4 is 0 Å². The molecule has 1 aliphatic heterocycles. The Labute approximate surface area is 144 Å². The third-order valence-corrected chi connectivity index (χ3v) is 4.34. The minimum absolute atomic E-state index is 0.0212. The van der Waals surface area contributed by atoms with Crippen LogP contribution in [0.4, 0.5) is 0 Å². The van der Waals surface area contributed by atoms with Crippen LogP contribution in [0.3, 0.4) is 0 Å². The Morgan fingerprint density at radius 3 is 2.52 bits per heavy atom. The number of hydrogen-bond acceptors (Lipinski definition) is 6. The van der Waals surface area contributed by atoms with E-state index in [0.29, 0.717) is 28.1 Å².